The van der Waals surface area contributed by atoms with E-state index in [1.54, 1.807) is 18.2 Å². The molecule has 0 spiro atoms. The first-order chi connectivity index (χ1) is 12.4. The molecule has 0 fully saturated rings. The summed E-state index contributed by atoms with van der Waals surface area (Å²) in [5.41, 5.74) is 13.6. The third-order valence-electron chi connectivity index (χ3n) is 3.92. The molecule has 3 aromatic rings. The third-order valence-corrected chi connectivity index (χ3v) is 5.80. The van der Waals surface area contributed by atoms with Crippen LogP contribution in [-0.4, -0.2) is 29.3 Å². The minimum Gasteiger partial charge on any atom is -0.507 e. The molecule has 0 aliphatic carbocycles. The highest BCUT2D eigenvalue weighted by molar-refractivity contribution is 7.98. The molecule has 0 aliphatic heterocycles. The van der Waals surface area contributed by atoms with E-state index in [0.717, 1.165) is 11.3 Å². The fraction of sp³-hybridized carbons (Fsp3) is 0.118. The molecule has 0 unspecified atom stereocenters. The van der Waals surface area contributed by atoms with Gasteiger partial charge in [0.2, 0.25) is 0 Å². The van der Waals surface area contributed by atoms with Gasteiger partial charge >= 0.3 is 0 Å². The molecule has 0 bridgehead atoms. The fourth-order valence-electron chi connectivity index (χ4n) is 2.70. The Morgan fingerprint density at radius 2 is 2.15 bits per heavy atom. The number of nitriles is 1. The Bertz CT molecular complexity index is 1090. The van der Waals surface area contributed by atoms with E-state index < -0.39 is 0 Å². The number of carbonyl (C=O) groups is 1. The van der Waals surface area contributed by atoms with Crippen LogP contribution in [0.2, 0.25) is 0 Å². The molecule has 0 saturated carbocycles. The minimum absolute atomic E-state index is 0.0492. The number of hydrogen-bond donors (Lipinski definition) is 4. The molecule has 1 aromatic carbocycles. The zero-order chi connectivity index (χ0) is 19.0. The van der Waals surface area contributed by atoms with Crippen LogP contribution < -0.4 is 16.8 Å². The number of rotatable bonds is 3. The topological polar surface area (TPSA) is 138 Å². The molecule has 0 radical (unpaired) electrons. The van der Waals surface area contributed by atoms with Crippen molar-refractivity contribution >= 4 is 50.7 Å². The Hall–Kier alpha value is -2.96. The second-order valence-electron chi connectivity index (χ2n) is 5.35. The maximum Gasteiger partial charge on any atom is 0.263 e. The van der Waals surface area contributed by atoms with Crippen molar-refractivity contribution in [3.05, 3.63) is 28.6 Å². The lowest BCUT2D eigenvalue weighted by molar-refractivity contribution is 0.0968. The number of hydrogen-bond acceptors (Lipinski definition) is 8. The van der Waals surface area contributed by atoms with E-state index in [9.17, 15) is 15.2 Å². The summed E-state index contributed by atoms with van der Waals surface area (Å²) in [5.74, 6) is -0.204. The molecule has 2 aromatic heterocycles. The number of nitrogen functional groups attached to an aromatic ring is 2. The number of aromatic nitrogens is 1. The number of benzene rings is 1. The average Bonchev–Trinajstić information content (AvgIpc) is 2.95. The summed E-state index contributed by atoms with van der Waals surface area (Å²) in [6.45, 7) is 0. The van der Waals surface area contributed by atoms with Gasteiger partial charge in [-0.1, -0.05) is 6.07 Å². The van der Waals surface area contributed by atoms with E-state index in [1.165, 1.54) is 18.8 Å². The first-order valence-corrected chi connectivity index (χ1v) is 9.48. The maximum atomic E-state index is 12.1. The van der Waals surface area contributed by atoms with Crippen molar-refractivity contribution in [3.8, 4) is 22.9 Å². The second-order valence-corrected chi connectivity index (χ2v) is 7.20. The van der Waals surface area contributed by atoms with Crippen molar-refractivity contribution in [1.29, 1.82) is 5.26 Å². The van der Waals surface area contributed by atoms with Gasteiger partial charge in [0, 0.05) is 22.9 Å². The van der Waals surface area contributed by atoms with E-state index >= 15 is 0 Å². The average molecular weight is 385 g/mol. The molecule has 1 amide bonds. The van der Waals surface area contributed by atoms with Crippen LogP contribution in [0.5, 0.6) is 5.75 Å². The van der Waals surface area contributed by atoms with Gasteiger partial charge in [-0.25, -0.2) is 4.98 Å². The summed E-state index contributed by atoms with van der Waals surface area (Å²) >= 11 is 2.51. The predicted molar refractivity (Wildman–Crippen MR) is 105 cm³/mol. The van der Waals surface area contributed by atoms with Crippen LogP contribution in [0, 0.1) is 11.3 Å². The van der Waals surface area contributed by atoms with Crippen LogP contribution in [0.4, 0.5) is 11.5 Å². The molecule has 6 N–H and O–H groups in total. The van der Waals surface area contributed by atoms with Gasteiger partial charge in [-0.2, -0.15) is 5.26 Å². The number of anilines is 2. The summed E-state index contributed by atoms with van der Waals surface area (Å²) in [6, 6.07) is 7.14. The Labute approximate surface area is 157 Å². The molecule has 2 heterocycles. The Morgan fingerprint density at radius 1 is 1.42 bits per heavy atom. The van der Waals surface area contributed by atoms with Crippen LogP contribution >= 0.6 is 23.1 Å². The van der Waals surface area contributed by atoms with Crippen molar-refractivity contribution in [2.45, 2.75) is 4.90 Å². The number of fused-ring (bicyclic) bond motifs is 1. The number of nitrogens with zero attached hydrogens (tertiary/aromatic N) is 2. The van der Waals surface area contributed by atoms with Gasteiger partial charge in [0.25, 0.3) is 5.91 Å². The number of pyridine rings is 1. The number of carbonyl (C=O) groups excluding carboxylic acids is 1. The highest BCUT2D eigenvalue weighted by Crippen LogP contribution is 2.43. The molecule has 7 nitrogen and oxygen atoms in total. The van der Waals surface area contributed by atoms with Crippen LogP contribution in [0.1, 0.15) is 15.2 Å². The van der Waals surface area contributed by atoms with Gasteiger partial charge in [-0.15, -0.1) is 23.1 Å². The molecular weight excluding hydrogens is 370 g/mol. The van der Waals surface area contributed by atoms with E-state index in [4.69, 9.17) is 11.5 Å². The Morgan fingerprint density at radius 3 is 2.73 bits per heavy atom. The zero-order valence-corrected chi connectivity index (χ0v) is 15.6. The molecule has 0 atom stereocenters. The van der Waals surface area contributed by atoms with Crippen LogP contribution in [-0.2, 0) is 0 Å². The normalized spacial score (nSPS) is 10.7. The van der Waals surface area contributed by atoms with Gasteiger partial charge in [0.1, 0.15) is 32.9 Å². The summed E-state index contributed by atoms with van der Waals surface area (Å²) in [7, 11) is 1.51. The summed E-state index contributed by atoms with van der Waals surface area (Å²) in [4.78, 5) is 17.8. The quantitative estimate of drug-likeness (QED) is 0.508. The van der Waals surface area contributed by atoms with Crippen molar-refractivity contribution < 1.29 is 9.90 Å². The van der Waals surface area contributed by atoms with E-state index in [2.05, 4.69) is 16.4 Å². The second kappa shape index (κ2) is 6.74. The largest absolute Gasteiger partial charge is 0.507 e. The van der Waals surface area contributed by atoms with E-state index in [0.29, 0.717) is 31.1 Å². The molecule has 3 rings (SSSR count). The van der Waals surface area contributed by atoms with Crippen molar-refractivity contribution in [3.63, 3.8) is 0 Å². The number of phenols is 1. The first-order valence-electron chi connectivity index (χ1n) is 7.43. The summed E-state index contributed by atoms with van der Waals surface area (Å²) in [5, 5.41) is 22.8. The van der Waals surface area contributed by atoms with Crippen LogP contribution in [0.15, 0.2) is 23.1 Å². The van der Waals surface area contributed by atoms with Crippen molar-refractivity contribution in [2.75, 3.05) is 24.8 Å². The lowest BCUT2D eigenvalue weighted by Gasteiger charge is -2.11. The van der Waals surface area contributed by atoms with Gasteiger partial charge in [-0.05, 0) is 24.0 Å². The number of amides is 1. The molecule has 9 heteroatoms. The standard InChI is InChI=1S/C17H15N5O2S2/c1-21-16(24)14-13(19)12-11(7-3-4-10(25-2)9(23)5-7)8(6-18)15(20)22-17(12)26-14/h3-5,23H,19H2,1-2H3,(H2,20,22)(H,21,24). The summed E-state index contributed by atoms with van der Waals surface area (Å²) < 4.78 is 0. The molecule has 0 saturated heterocycles. The van der Waals surface area contributed by atoms with Crippen molar-refractivity contribution in [2.24, 2.45) is 0 Å². The van der Waals surface area contributed by atoms with Crippen LogP contribution in [0.25, 0.3) is 21.3 Å². The summed E-state index contributed by atoms with van der Waals surface area (Å²) in [6.07, 6.45) is 1.85. The smallest absolute Gasteiger partial charge is 0.263 e. The monoisotopic (exact) mass is 385 g/mol. The third kappa shape index (κ3) is 2.69. The Balaban J connectivity index is 2.42. The van der Waals surface area contributed by atoms with Gasteiger partial charge < -0.3 is 21.9 Å². The lowest BCUT2D eigenvalue weighted by Crippen LogP contribution is -2.17. The molecule has 0 aliphatic rings. The highest BCUT2D eigenvalue weighted by atomic mass is 32.2. The number of phenolic OH excluding ortho intramolecular Hbond substituents is 1. The number of nitrogens with one attached hydrogen (secondary N) is 1. The fourth-order valence-corrected chi connectivity index (χ4v) is 4.23. The number of thioether (sulfide) groups is 1. The molecule has 26 heavy (non-hydrogen) atoms. The highest BCUT2D eigenvalue weighted by Gasteiger charge is 2.24. The Kier molecular flexibility index (Phi) is 4.63. The van der Waals surface area contributed by atoms with Crippen LogP contribution in [0.3, 0.4) is 0 Å². The van der Waals surface area contributed by atoms with Gasteiger partial charge in [-0.3, -0.25) is 4.79 Å². The maximum absolute atomic E-state index is 12.1. The number of aromatic hydroxyl groups is 1. The van der Waals surface area contributed by atoms with Gasteiger partial charge in [0.15, 0.2) is 0 Å². The number of thiophene rings is 1. The number of nitrogens with two attached hydrogens (primary N) is 2. The van der Waals surface area contributed by atoms with Crippen molar-refractivity contribution in [1.82, 2.24) is 10.3 Å². The lowest BCUT2D eigenvalue weighted by atomic mass is 9.97. The SMILES string of the molecule is CNC(=O)c1sc2nc(N)c(C#N)c(-c3ccc(SC)c(O)c3)c2c1N. The molecular formula is C17H15N5O2S2. The van der Waals surface area contributed by atoms with E-state index in [-0.39, 0.29) is 28.7 Å². The van der Waals surface area contributed by atoms with E-state index in [1.807, 2.05) is 6.26 Å². The zero-order valence-electron chi connectivity index (χ0n) is 14.0. The first kappa shape index (κ1) is 17.8. The minimum atomic E-state index is -0.339. The molecule has 132 valence electrons. The predicted octanol–water partition coefficient (Wildman–Crippen LogP) is 2.79. The van der Waals surface area contributed by atoms with Gasteiger partial charge in [0.05, 0.1) is 5.69 Å².